The van der Waals surface area contributed by atoms with Gasteiger partial charge < -0.3 is 10.2 Å². The van der Waals surface area contributed by atoms with Gasteiger partial charge in [-0.05, 0) is 17.7 Å². The third-order valence-corrected chi connectivity index (χ3v) is 3.99. The first-order valence-electron chi connectivity index (χ1n) is 7.20. The van der Waals surface area contributed by atoms with Gasteiger partial charge in [-0.15, -0.1) is 0 Å². The summed E-state index contributed by atoms with van der Waals surface area (Å²) in [6.45, 7) is 10.4. The lowest BCUT2D eigenvalue weighted by Crippen LogP contribution is -2.47. The van der Waals surface area contributed by atoms with Crippen molar-refractivity contribution in [3.05, 3.63) is 29.8 Å². The molecule has 0 spiro atoms. The molecular weight excluding hydrogens is 234 g/mol. The Labute approximate surface area is 117 Å². The molecule has 0 amide bonds. The first kappa shape index (κ1) is 14.4. The van der Waals surface area contributed by atoms with Crippen LogP contribution in [0.2, 0.25) is 0 Å². The minimum Gasteiger partial charge on any atom is -0.378 e. The van der Waals surface area contributed by atoms with Crippen molar-refractivity contribution in [3.8, 4) is 0 Å². The van der Waals surface area contributed by atoms with Crippen LogP contribution in [0.3, 0.4) is 0 Å². The van der Waals surface area contributed by atoms with Gasteiger partial charge in [-0.3, -0.25) is 4.90 Å². The summed E-state index contributed by atoms with van der Waals surface area (Å²) in [6.07, 6.45) is 0. The summed E-state index contributed by atoms with van der Waals surface area (Å²) in [5.74, 6) is 0. The van der Waals surface area contributed by atoms with E-state index >= 15 is 0 Å². The van der Waals surface area contributed by atoms with E-state index in [9.17, 15) is 0 Å². The third kappa shape index (κ3) is 3.71. The molecule has 1 aromatic carbocycles. The lowest BCUT2D eigenvalue weighted by Gasteiger charge is -2.35. The zero-order valence-electron chi connectivity index (χ0n) is 12.7. The number of rotatable bonds is 4. The van der Waals surface area contributed by atoms with Crippen LogP contribution in [0.1, 0.15) is 19.4 Å². The molecule has 0 aliphatic carbocycles. The molecule has 1 aromatic rings. The summed E-state index contributed by atoms with van der Waals surface area (Å²) in [4.78, 5) is 4.71. The molecule has 0 radical (unpaired) electrons. The smallest absolute Gasteiger partial charge is 0.0361 e. The molecule has 0 saturated carbocycles. The fourth-order valence-corrected chi connectivity index (χ4v) is 2.73. The summed E-state index contributed by atoms with van der Waals surface area (Å²) < 4.78 is 0. The molecule has 1 N–H and O–H groups in total. The maximum Gasteiger partial charge on any atom is 0.0361 e. The van der Waals surface area contributed by atoms with Gasteiger partial charge in [0.15, 0.2) is 0 Å². The topological polar surface area (TPSA) is 18.5 Å². The number of nitrogens with zero attached hydrogens (tertiary/aromatic N) is 2. The van der Waals surface area contributed by atoms with E-state index in [2.05, 4.69) is 67.3 Å². The maximum absolute atomic E-state index is 3.41. The highest BCUT2D eigenvalue weighted by Crippen LogP contribution is 2.26. The molecule has 1 aliphatic rings. The highest BCUT2D eigenvalue weighted by atomic mass is 15.2. The Balaban J connectivity index is 2.05. The first-order valence-corrected chi connectivity index (χ1v) is 7.20. The van der Waals surface area contributed by atoms with E-state index in [1.807, 2.05) is 0 Å². The van der Waals surface area contributed by atoms with E-state index in [1.54, 1.807) is 0 Å². The van der Waals surface area contributed by atoms with Gasteiger partial charge in [0.05, 0.1) is 0 Å². The van der Waals surface area contributed by atoms with Crippen LogP contribution in [0.15, 0.2) is 24.3 Å². The van der Waals surface area contributed by atoms with Crippen molar-refractivity contribution in [2.75, 3.05) is 51.7 Å². The lowest BCUT2D eigenvalue weighted by atomic mass is 9.84. The second kappa shape index (κ2) is 5.93. The van der Waals surface area contributed by atoms with Gasteiger partial charge in [-0.1, -0.05) is 26.0 Å². The molecule has 106 valence electrons. The Hall–Kier alpha value is -1.06. The summed E-state index contributed by atoms with van der Waals surface area (Å²) >= 11 is 0. The van der Waals surface area contributed by atoms with Crippen molar-refractivity contribution in [3.63, 3.8) is 0 Å². The predicted octanol–water partition coefficient (Wildman–Crippen LogP) is 1.94. The lowest BCUT2D eigenvalue weighted by molar-refractivity contribution is 0.200. The molecule has 0 aromatic heterocycles. The van der Waals surface area contributed by atoms with Crippen LogP contribution in [0, 0.1) is 0 Å². The highest BCUT2D eigenvalue weighted by molar-refractivity contribution is 5.47. The Morgan fingerprint density at radius 1 is 1.11 bits per heavy atom. The predicted molar refractivity (Wildman–Crippen MR) is 83.1 cm³/mol. The van der Waals surface area contributed by atoms with E-state index in [0.717, 1.165) is 19.6 Å². The van der Waals surface area contributed by atoms with Crippen LogP contribution in [0.25, 0.3) is 0 Å². The summed E-state index contributed by atoms with van der Waals surface area (Å²) in [5, 5.41) is 3.41. The second-order valence-electron chi connectivity index (χ2n) is 6.35. The van der Waals surface area contributed by atoms with Crippen LogP contribution >= 0.6 is 0 Å². The van der Waals surface area contributed by atoms with Crippen LogP contribution in [0.4, 0.5) is 5.69 Å². The molecule has 2 rings (SSSR count). The molecule has 1 fully saturated rings. The zero-order valence-corrected chi connectivity index (χ0v) is 12.7. The van der Waals surface area contributed by atoms with Gasteiger partial charge in [0.25, 0.3) is 0 Å². The van der Waals surface area contributed by atoms with Crippen molar-refractivity contribution < 1.29 is 0 Å². The summed E-state index contributed by atoms with van der Waals surface area (Å²) in [5.41, 5.74) is 2.90. The van der Waals surface area contributed by atoms with E-state index in [4.69, 9.17) is 0 Å². The van der Waals surface area contributed by atoms with E-state index in [0.29, 0.717) is 0 Å². The average Bonchev–Trinajstić information content (AvgIpc) is 2.39. The van der Waals surface area contributed by atoms with E-state index in [1.165, 1.54) is 24.3 Å². The SMILES string of the molecule is CN(C)c1ccc(C(C)(C)CN2CCNCC2)cc1. The molecular formula is C16H27N3. The highest BCUT2D eigenvalue weighted by Gasteiger charge is 2.24. The number of nitrogens with one attached hydrogen (secondary N) is 1. The maximum atomic E-state index is 3.41. The van der Waals surface area contributed by atoms with E-state index in [-0.39, 0.29) is 5.41 Å². The number of hydrogen-bond donors (Lipinski definition) is 1. The molecule has 3 nitrogen and oxygen atoms in total. The van der Waals surface area contributed by atoms with Gasteiger partial charge in [0.2, 0.25) is 0 Å². The molecule has 3 heteroatoms. The summed E-state index contributed by atoms with van der Waals surface area (Å²) in [7, 11) is 4.17. The molecule has 1 heterocycles. The molecule has 19 heavy (non-hydrogen) atoms. The second-order valence-corrected chi connectivity index (χ2v) is 6.35. The average molecular weight is 261 g/mol. The third-order valence-electron chi connectivity index (χ3n) is 3.99. The molecule has 0 bridgehead atoms. The van der Waals surface area contributed by atoms with Gasteiger partial charge in [-0.25, -0.2) is 0 Å². The quantitative estimate of drug-likeness (QED) is 0.893. The fraction of sp³-hybridized carbons (Fsp3) is 0.625. The van der Waals surface area contributed by atoms with Gasteiger partial charge in [-0.2, -0.15) is 0 Å². The van der Waals surface area contributed by atoms with Gasteiger partial charge in [0, 0.05) is 57.9 Å². The minimum absolute atomic E-state index is 0.210. The van der Waals surface area contributed by atoms with Crippen molar-refractivity contribution in [1.29, 1.82) is 0 Å². The van der Waals surface area contributed by atoms with Crippen LogP contribution in [0.5, 0.6) is 0 Å². The Bertz CT molecular complexity index is 389. The van der Waals surface area contributed by atoms with Gasteiger partial charge >= 0.3 is 0 Å². The molecule has 0 unspecified atom stereocenters. The Kier molecular flexibility index (Phi) is 4.48. The fourth-order valence-electron chi connectivity index (χ4n) is 2.73. The van der Waals surface area contributed by atoms with Gasteiger partial charge in [0.1, 0.15) is 0 Å². The summed E-state index contributed by atoms with van der Waals surface area (Å²) in [6, 6.07) is 8.98. The number of hydrogen-bond acceptors (Lipinski definition) is 3. The molecule has 1 saturated heterocycles. The molecule has 0 atom stereocenters. The van der Waals surface area contributed by atoms with Crippen molar-refractivity contribution in [1.82, 2.24) is 10.2 Å². The van der Waals surface area contributed by atoms with Crippen molar-refractivity contribution in [2.24, 2.45) is 0 Å². The first-order chi connectivity index (χ1) is 8.99. The van der Waals surface area contributed by atoms with Crippen molar-refractivity contribution >= 4 is 5.69 Å². The largest absolute Gasteiger partial charge is 0.378 e. The Morgan fingerprint density at radius 2 is 1.68 bits per heavy atom. The van der Waals surface area contributed by atoms with Crippen LogP contribution < -0.4 is 10.2 Å². The normalized spacial score (nSPS) is 17.5. The van der Waals surface area contributed by atoms with Crippen LogP contribution in [-0.2, 0) is 5.41 Å². The molecule has 1 aliphatic heterocycles. The number of piperazine rings is 1. The number of benzene rings is 1. The number of anilines is 1. The zero-order chi connectivity index (χ0) is 13.9. The van der Waals surface area contributed by atoms with E-state index < -0.39 is 0 Å². The van der Waals surface area contributed by atoms with Crippen LogP contribution in [-0.4, -0.2) is 51.7 Å². The monoisotopic (exact) mass is 261 g/mol. The Morgan fingerprint density at radius 3 is 2.21 bits per heavy atom. The van der Waals surface area contributed by atoms with Crippen molar-refractivity contribution in [2.45, 2.75) is 19.3 Å². The standard InChI is InChI=1S/C16H27N3/c1-16(2,13-19-11-9-17-10-12-19)14-5-7-15(8-6-14)18(3)4/h5-8,17H,9-13H2,1-4H3. The minimum atomic E-state index is 0.210.